The van der Waals surface area contributed by atoms with Gasteiger partial charge in [0.05, 0.1) is 35.2 Å². The van der Waals surface area contributed by atoms with Crippen molar-refractivity contribution in [1.29, 1.82) is 0 Å². The van der Waals surface area contributed by atoms with Gasteiger partial charge in [0.25, 0.3) is 5.69 Å². The van der Waals surface area contributed by atoms with Crippen LogP contribution >= 0.6 is 0 Å². The van der Waals surface area contributed by atoms with Crippen molar-refractivity contribution in [3.63, 3.8) is 0 Å². The number of phenolic OH excluding ortho intramolecular Hbond substituents is 1. The highest BCUT2D eigenvalue weighted by Gasteiger charge is 2.14. The molecule has 0 unspecified atom stereocenters. The molecule has 58 heavy (non-hydrogen) atoms. The number of nitro benzene ring substituents is 1. The fourth-order valence-corrected chi connectivity index (χ4v) is 5.89. The van der Waals surface area contributed by atoms with Gasteiger partial charge in [-0.15, -0.1) is 5.11 Å². The molecule has 3 N–H and O–H groups in total. The summed E-state index contributed by atoms with van der Waals surface area (Å²) in [5.41, 5.74) is 4.26. The third kappa shape index (κ3) is 11.7. The van der Waals surface area contributed by atoms with E-state index in [0.29, 0.717) is 58.5 Å². The topological polar surface area (TPSA) is 154 Å². The summed E-state index contributed by atoms with van der Waals surface area (Å²) >= 11 is 0. The Bertz CT molecular complexity index is 2340. The number of aromatic nitrogens is 1. The van der Waals surface area contributed by atoms with Crippen LogP contribution in [0.1, 0.15) is 41.5 Å². The third-order valence-corrected chi connectivity index (χ3v) is 8.88. The van der Waals surface area contributed by atoms with Crippen LogP contribution in [0.4, 0.5) is 42.9 Å². The molecule has 306 valence electrons. The number of hydrogen-bond donors (Lipinski definition) is 3. The van der Waals surface area contributed by atoms with Crippen LogP contribution in [-0.2, 0) is 0 Å². The quantitative estimate of drug-likeness (QED) is 0.0341. The van der Waals surface area contributed by atoms with E-state index in [4.69, 9.17) is 9.15 Å². The molecule has 0 saturated heterocycles. The van der Waals surface area contributed by atoms with E-state index >= 15 is 0 Å². The summed E-state index contributed by atoms with van der Waals surface area (Å²) in [6, 6.07) is 24.6. The number of phenols is 1. The molecule has 6 rings (SSSR count). The van der Waals surface area contributed by atoms with E-state index in [1.54, 1.807) is 18.2 Å². The van der Waals surface area contributed by atoms with Gasteiger partial charge in [0.15, 0.2) is 11.3 Å². The van der Waals surface area contributed by atoms with E-state index < -0.39 is 10.7 Å². The minimum absolute atomic E-state index is 0.0393. The highest BCUT2D eigenvalue weighted by atomic mass is 19.1. The zero-order valence-electron chi connectivity index (χ0n) is 33.9. The van der Waals surface area contributed by atoms with Gasteiger partial charge < -0.3 is 29.8 Å². The lowest BCUT2D eigenvalue weighted by Gasteiger charge is -2.20. The van der Waals surface area contributed by atoms with Crippen LogP contribution < -0.4 is 30.2 Å². The first-order valence-corrected chi connectivity index (χ1v) is 19.2. The van der Waals surface area contributed by atoms with Gasteiger partial charge in [0.1, 0.15) is 53.1 Å². The number of nitrogens with one attached hydrogen (secondary N) is 2. The van der Waals surface area contributed by atoms with Gasteiger partial charge in [0.2, 0.25) is 5.36 Å². The third-order valence-electron chi connectivity index (χ3n) is 8.88. The number of rotatable bonds is 13. The molecule has 0 aromatic heterocycles. The van der Waals surface area contributed by atoms with Crippen LogP contribution in [0.5, 0.6) is 11.5 Å². The monoisotopic (exact) mass is 797 g/mol. The Hall–Kier alpha value is -6.64. The lowest BCUT2D eigenvalue weighted by Crippen LogP contribution is -2.29. The van der Waals surface area contributed by atoms with Gasteiger partial charge in [-0.3, -0.25) is 10.1 Å². The van der Waals surface area contributed by atoms with E-state index in [9.17, 15) is 24.0 Å². The van der Waals surface area contributed by atoms with Crippen LogP contribution in [0.15, 0.2) is 106 Å². The van der Waals surface area contributed by atoms with Crippen molar-refractivity contribution in [2.45, 2.75) is 41.5 Å². The highest BCUT2D eigenvalue weighted by Crippen LogP contribution is 2.34. The van der Waals surface area contributed by atoms with Crippen LogP contribution in [0.3, 0.4) is 0 Å². The predicted molar refractivity (Wildman–Crippen MR) is 227 cm³/mol. The number of nitrogens with zero attached hydrogens (tertiary/aromatic N) is 6. The van der Waals surface area contributed by atoms with Crippen molar-refractivity contribution in [2.24, 2.45) is 10.2 Å². The second-order valence-electron chi connectivity index (χ2n) is 12.6. The summed E-state index contributed by atoms with van der Waals surface area (Å²) in [4.78, 5) is 16.8. The van der Waals surface area contributed by atoms with E-state index in [0.717, 1.165) is 42.9 Å². The molecule has 0 spiro atoms. The van der Waals surface area contributed by atoms with Gasteiger partial charge in [0, 0.05) is 80.4 Å². The SMILES string of the molecule is CCN(CC)c1cccc(O)c1.CCNc1cc(OC)c(N=Nc2ccc([N+](=O)[O-])cc2)cc1F.CCNc1cc2oc3cc(=[N+](CC)CC)ccc-3nc2cc1F. The summed E-state index contributed by atoms with van der Waals surface area (Å²) in [6.45, 7) is 17.3. The van der Waals surface area contributed by atoms with Gasteiger partial charge in [-0.05, 0) is 71.9 Å². The van der Waals surface area contributed by atoms with Crippen molar-refractivity contribution in [3.05, 3.63) is 118 Å². The van der Waals surface area contributed by atoms with Crippen molar-refractivity contribution >= 4 is 45.2 Å². The maximum absolute atomic E-state index is 14.0. The minimum atomic E-state index is -0.501. The van der Waals surface area contributed by atoms with E-state index in [1.165, 1.54) is 49.6 Å². The number of methoxy groups -OCH3 is 1. The van der Waals surface area contributed by atoms with Crippen LogP contribution in [0, 0.1) is 21.7 Å². The molecule has 0 radical (unpaired) electrons. The van der Waals surface area contributed by atoms with E-state index in [-0.39, 0.29) is 17.2 Å². The average Bonchev–Trinajstić information content (AvgIpc) is 3.22. The molecule has 0 bridgehead atoms. The first-order chi connectivity index (χ1) is 28.0. The fourth-order valence-electron chi connectivity index (χ4n) is 5.89. The number of ether oxygens (including phenoxy) is 1. The number of benzene rings is 5. The Kier molecular flexibility index (Phi) is 16.4. The van der Waals surface area contributed by atoms with Crippen LogP contribution in [0.2, 0.25) is 0 Å². The summed E-state index contributed by atoms with van der Waals surface area (Å²) in [7, 11) is 1.45. The Morgan fingerprint density at radius 2 is 1.48 bits per heavy atom. The zero-order chi connectivity index (χ0) is 42.2. The Morgan fingerprint density at radius 3 is 2.07 bits per heavy atom. The molecule has 1 aliphatic carbocycles. The summed E-state index contributed by atoms with van der Waals surface area (Å²) < 4.78 is 41.3. The highest BCUT2D eigenvalue weighted by molar-refractivity contribution is 5.80. The normalized spacial score (nSPS) is 10.7. The number of nitro groups is 1. The molecule has 4 aromatic carbocycles. The standard InChI is InChI=1S/C18H20FN3O.C15H15FN4O3.C10H15NO/c1-4-20-15-11-18-16(10-13(15)19)21-14-8-7-12(9-17(14)23-18)22(5-2)6-3;1-3-17-13-9-15(23-2)14(8-12(13)16)19-18-10-4-6-11(7-5-10)20(21)22;1-3-11(4-2)9-6-5-7-10(12)8-9/h7-11H,4-6H2,1-3H3;4-9,17H,3H2,1-2H3;5-8,12H,3-4H2,1-2H3/p+1. The molecule has 15 heteroatoms. The van der Waals surface area contributed by atoms with E-state index in [1.807, 2.05) is 44.2 Å². The molecule has 0 saturated carbocycles. The number of hydrogen-bond acceptors (Lipinski definition) is 11. The van der Waals surface area contributed by atoms with Crippen LogP contribution in [-0.4, -0.2) is 61.4 Å². The van der Waals surface area contributed by atoms with Crippen molar-refractivity contribution in [2.75, 3.05) is 61.9 Å². The number of azo groups is 1. The average molecular weight is 798 g/mol. The number of halogens is 2. The van der Waals surface area contributed by atoms with Gasteiger partial charge in [-0.25, -0.2) is 18.3 Å². The minimum Gasteiger partial charge on any atom is -0.508 e. The van der Waals surface area contributed by atoms with Crippen molar-refractivity contribution in [3.8, 4) is 23.0 Å². The molecular formula is C43H51F2N8O5+. The summed E-state index contributed by atoms with van der Waals surface area (Å²) in [5, 5.41) is 34.7. The largest absolute Gasteiger partial charge is 0.508 e. The fraction of sp³-hybridized carbons (Fsp3) is 0.302. The molecule has 0 fully saturated rings. The Balaban J connectivity index is 0.000000203. The lowest BCUT2D eigenvalue weighted by molar-refractivity contribution is -0.384. The van der Waals surface area contributed by atoms with Crippen molar-refractivity contribution < 1.29 is 28.0 Å². The number of non-ortho nitro benzene ring substituents is 1. The number of aromatic hydroxyl groups is 1. The lowest BCUT2D eigenvalue weighted by atomic mass is 10.2. The van der Waals surface area contributed by atoms with E-state index in [2.05, 4.69) is 63.0 Å². The number of fused-ring (bicyclic) bond motifs is 2. The maximum atomic E-state index is 14.0. The molecular weight excluding hydrogens is 747 g/mol. The van der Waals surface area contributed by atoms with Crippen molar-refractivity contribution in [1.82, 2.24) is 9.56 Å². The van der Waals surface area contributed by atoms with Gasteiger partial charge in [-0.1, -0.05) is 6.07 Å². The maximum Gasteiger partial charge on any atom is 0.269 e. The smallest absolute Gasteiger partial charge is 0.269 e. The number of anilines is 3. The molecule has 0 amide bonds. The summed E-state index contributed by atoms with van der Waals surface area (Å²) in [5.74, 6) is 0.620. The first-order valence-electron chi connectivity index (χ1n) is 19.2. The van der Waals surface area contributed by atoms with Crippen LogP contribution in [0.25, 0.3) is 22.6 Å². The molecule has 0 atom stereocenters. The summed E-state index contributed by atoms with van der Waals surface area (Å²) in [6.07, 6.45) is 0. The molecule has 1 heterocycles. The molecule has 13 nitrogen and oxygen atoms in total. The first kappa shape index (κ1) is 44.1. The Labute approximate surface area is 336 Å². The second kappa shape index (κ2) is 21.6. The zero-order valence-corrected chi connectivity index (χ0v) is 33.9. The van der Waals surface area contributed by atoms with Gasteiger partial charge >= 0.3 is 0 Å². The van der Waals surface area contributed by atoms with Gasteiger partial charge in [-0.2, -0.15) is 5.11 Å². The second-order valence-corrected chi connectivity index (χ2v) is 12.6. The Morgan fingerprint density at radius 1 is 0.828 bits per heavy atom. The molecule has 1 aliphatic heterocycles. The molecule has 4 aromatic rings. The molecule has 2 aliphatic rings. The predicted octanol–water partition coefficient (Wildman–Crippen LogP) is 10.1.